The minimum atomic E-state index is 0.224. The van der Waals surface area contributed by atoms with E-state index in [4.69, 9.17) is 10.2 Å². The Balaban J connectivity index is 1.26. The number of nitrogens with zero attached hydrogens (tertiary/aromatic N) is 4. The van der Waals surface area contributed by atoms with Gasteiger partial charge < -0.3 is 0 Å². The van der Waals surface area contributed by atoms with Crippen molar-refractivity contribution >= 4 is 16.7 Å². The summed E-state index contributed by atoms with van der Waals surface area (Å²) in [6.07, 6.45) is 13.2. The molecule has 7 rings (SSSR count). The van der Waals surface area contributed by atoms with Crippen molar-refractivity contribution in [3.8, 4) is 5.69 Å². The van der Waals surface area contributed by atoms with Crippen LogP contribution in [0.25, 0.3) is 16.6 Å². The second-order valence-corrected chi connectivity index (χ2v) is 12.5. The van der Waals surface area contributed by atoms with Crippen LogP contribution < -0.4 is 0 Å². The van der Waals surface area contributed by atoms with Gasteiger partial charge in [0, 0.05) is 23.9 Å². The summed E-state index contributed by atoms with van der Waals surface area (Å²) < 4.78 is 2.00. The van der Waals surface area contributed by atoms with E-state index in [1.807, 2.05) is 23.7 Å². The van der Waals surface area contributed by atoms with Crippen molar-refractivity contribution in [1.29, 1.82) is 0 Å². The number of aryl methyl sites for hydroxylation is 1. The Morgan fingerprint density at radius 1 is 0.944 bits per heavy atom. The molecule has 0 spiro atoms. The van der Waals surface area contributed by atoms with Crippen molar-refractivity contribution < 1.29 is 4.79 Å². The molecule has 4 aliphatic carbocycles. The maximum absolute atomic E-state index is 12.2. The predicted octanol–water partition coefficient (Wildman–Crippen LogP) is 6.74. The molecule has 5 heteroatoms. The van der Waals surface area contributed by atoms with Gasteiger partial charge in [0.1, 0.15) is 5.52 Å². The molecule has 3 fully saturated rings. The van der Waals surface area contributed by atoms with E-state index >= 15 is 0 Å². The number of carbonyl (C=O) groups excluding carboxylic acids is 1. The molecule has 6 atom stereocenters. The van der Waals surface area contributed by atoms with Crippen molar-refractivity contribution in [3.63, 3.8) is 0 Å². The number of para-hydroxylation sites is 1. The van der Waals surface area contributed by atoms with Crippen LogP contribution in [0, 0.1) is 35.5 Å². The highest BCUT2D eigenvalue weighted by molar-refractivity contribution is 5.91. The lowest BCUT2D eigenvalue weighted by molar-refractivity contribution is -0.117. The van der Waals surface area contributed by atoms with Crippen LogP contribution in [0.3, 0.4) is 0 Å². The lowest BCUT2D eigenvalue weighted by atomic mass is 9.46. The maximum atomic E-state index is 12.2. The Hall–Kier alpha value is -2.82. The van der Waals surface area contributed by atoms with Gasteiger partial charge in [-0.15, -0.1) is 0 Å². The first-order chi connectivity index (χ1) is 17.4. The first-order valence-corrected chi connectivity index (χ1v) is 13.9. The Morgan fingerprint density at radius 3 is 2.61 bits per heavy atom. The average Bonchev–Trinajstić information content (AvgIpc) is 3.48. The van der Waals surface area contributed by atoms with Gasteiger partial charge in [0.15, 0.2) is 5.78 Å². The highest BCUT2D eigenvalue weighted by Gasteiger charge is 2.59. The molecule has 0 aliphatic heterocycles. The first kappa shape index (κ1) is 22.4. The van der Waals surface area contributed by atoms with Gasteiger partial charge in [0.25, 0.3) is 0 Å². The normalized spacial score (nSPS) is 35.8. The summed E-state index contributed by atoms with van der Waals surface area (Å²) in [5.74, 6) is 2.92. The predicted molar refractivity (Wildman–Crippen MR) is 141 cm³/mol. The molecule has 2 heterocycles. The van der Waals surface area contributed by atoms with Crippen LogP contribution in [-0.2, 0) is 4.79 Å². The fourth-order valence-electron chi connectivity index (χ4n) is 9.01. The average molecular weight is 481 g/mol. The molecule has 36 heavy (non-hydrogen) atoms. The molecular formula is C31H36N4O. The third-order valence-corrected chi connectivity index (χ3v) is 11.0. The molecule has 0 saturated heterocycles. The molecule has 1 aromatic carbocycles. The molecule has 3 aromatic rings. The summed E-state index contributed by atoms with van der Waals surface area (Å²) in [5.41, 5.74) is 6.08. The fourth-order valence-corrected chi connectivity index (χ4v) is 9.01. The van der Waals surface area contributed by atoms with Crippen molar-refractivity contribution in [2.24, 2.45) is 28.6 Å². The zero-order valence-electron chi connectivity index (χ0n) is 21.7. The SMILES string of the molecule is Cc1nnc([C@H]2CC[C@H]3[C@@H]4CCC5=CC(=O)CC[C@]5(C)[C@H]4CC[C@]23C)c2nn(-c3ccccc3)cc12. The second kappa shape index (κ2) is 7.84. The van der Waals surface area contributed by atoms with Gasteiger partial charge in [0.2, 0.25) is 0 Å². The number of ketones is 1. The van der Waals surface area contributed by atoms with Gasteiger partial charge in [0.05, 0.1) is 17.1 Å². The lowest BCUT2D eigenvalue weighted by Crippen LogP contribution is -2.50. The minimum absolute atomic E-state index is 0.224. The topological polar surface area (TPSA) is 60.7 Å². The van der Waals surface area contributed by atoms with Gasteiger partial charge >= 0.3 is 0 Å². The van der Waals surface area contributed by atoms with Gasteiger partial charge in [-0.3, -0.25) is 4.79 Å². The van der Waals surface area contributed by atoms with Crippen LogP contribution in [-0.4, -0.2) is 25.8 Å². The quantitative estimate of drug-likeness (QED) is 0.407. The van der Waals surface area contributed by atoms with Crippen molar-refractivity contribution in [2.45, 2.75) is 78.1 Å². The molecule has 0 radical (unpaired) electrons. The van der Waals surface area contributed by atoms with Gasteiger partial charge in [-0.05, 0) is 98.7 Å². The molecule has 2 aromatic heterocycles. The van der Waals surface area contributed by atoms with Crippen molar-refractivity contribution in [2.75, 3.05) is 0 Å². The maximum Gasteiger partial charge on any atom is 0.155 e. The van der Waals surface area contributed by atoms with E-state index in [1.54, 1.807) is 0 Å². The monoisotopic (exact) mass is 480 g/mol. The third kappa shape index (κ3) is 3.07. The van der Waals surface area contributed by atoms with Crippen LogP contribution in [0.15, 0.2) is 48.2 Å². The Labute approximate surface area is 213 Å². The summed E-state index contributed by atoms with van der Waals surface area (Å²) in [7, 11) is 0. The van der Waals surface area contributed by atoms with E-state index in [0.717, 1.165) is 53.2 Å². The number of hydrogen-bond acceptors (Lipinski definition) is 4. The largest absolute Gasteiger partial charge is 0.295 e. The standard InChI is InChI=1S/C31H36N4O/c1-19-24-18-35(21-7-5-4-6-8-21)34-28(24)29(33-32-19)27-12-11-25-23-10-9-20-17-22(36)13-15-30(20,2)26(23)14-16-31(25,27)3/h4-8,17-18,23,25-27H,9-16H2,1-3H3/t23-,25-,26-,27+,30-,31-/m0/s1. The van der Waals surface area contributed by atoms with Crippen LogP contribution in [0.4, 0.5) is 0 Å². The summed E-state index contributed by atoms with van der Waals surface area (Å²) >= 11 is 0. The number of benzene rings is 1. The van der Waals surface area contributed by atoms with E-state index in [9.17, 15) is 4.79 Å². The summed E-state index contributed by atoms with van der Waals surface area (Å²) in [6.45, 7) is 7.07. The molecule has 4 aliphatic rings. The van der Waals surface area contributed by atoms with E-state index in [1.165, 1.54) is 37.7 Å². The number of fused-ring (bicyclic) bond motifs is 6. The number of aromatic nitrogens is 4. The summed E-state index contributed by atoms with van der Waals surface area (Å²) in [5, 5.41) is 15.7. The third-order valence-electron chi connectivity index (χ3n) is 11.0. The molecule has 186 valence electrons. The summed E-state index contributed by atoms with van der Waals surface area (Å²) in [6, 6.07) is 10.3. The molecule has 0 unspecified atom stereocenters. The van der Waals surface area contributed by atoms with Gasteiger partial charge in [-0.2, -0.15) is 15.3 Å². The Morgan fingerprint density at radius 2 is 1.78 bits per heavy atom. The smallest absolute Gasteiger partial charge is 0.155 e. The molecule has 0 amide bonds. The second-order valence-electron chi connectivity index (χ2n) is 12.5. The van der Waals surface area contributed by atoms with Crippen LogP contribution >= 0.6 is 0 Å². The highest BCUT2D eigenvalue weighted by Crippen LogP contribution is 2.68. The highest BCUT2D eigenvalue weighted by atomic mass is 16.1. The lowest BCUT2D eigenvalue weighted by Gasteiger charge is -2.58. The zero-order valence-corrected chi connectivity index (χ0v) is 21.7. The van der Waals surface area contributed by atoms with Crippen LogP contribution in [0.5, 0.6) is 0 Å². The first-order valence-electron chi connectivity index (χ1n) is 13.9. The van der Waals surface area contributed by atoms with E-state index in [-0.39, 0.29) is 10.8 Å². The number of carbonyl (C=O) groups is 1. The minimum Gasteiger partial charge on any atom is -0.295 e. The number of hydrogen-bond donors (Lipinski definition) is 0. The summed E-state index contributed by atoms with van der Waals surface area (Å²) in [4.78, 5) is 12.2. The van der Waals surface area contributed by atoms with Gasteiger partial charge in [-0.25, -0.2) is 4.68 Å². The Kier molecular flexibility index (Phi) is 4.87. The molecular weight excluding hydrogens is 444 g/mol. The molecule has 0 N–H and O–H groups in total. The van der Waals surface area contributed by atoms with Crippen LogP contribution in [0.2, 0.25) is 0 Å². The fraction of sp³-hybridized carbons (Fsp3) is 0.548. The number of allylic oxidation sites excluding steroid dienone is 1. The van der Waals surface area contributed by atoms with E-state index < -0.39 is 0 Å². The van der Waals surface area contributed by atoms with E-state index in [2.05, 4.69) is 49.4 Å². The molecule has 5 nitrogen and oxygen atoms in total. The van der Waals surface area contributed by atoms with Gasteiger partial charge in [-0.1, -0.05) is 37.6 Å². The van der Waals surface area contributed by atoms with Crippen LogP contribution in [0.1, 0.15) is 82.5 Å². The number of rotatable bonds is 2. The van der Waals surface area contributed by atoms with Crippen molar-refractivity contribution in [1.82, 2.24) is 20.0 Å². The molecule has 0 bridgehead atoms. The van der Waals surface area contributed by atoms with E-state index in [0.29, 0.717) is 23.5 Å². The zero-order chi connectivity index (χ0) is 24.7. The molecule has 3 saturated carbocycles. The van der Waals surface area contributed by atoms with Crippen molar-refractivity contribution in [3.05, 3.63) is 59.6 Å². The Bertz CT molecular complexity index is 1390.